The van der Waals surface area contributed by atoms with E-state index in [0.29, 0.717) is 16.1 Å². The first kappa shape index (κ1) is 17.8. The lowest BCUT2D eigenvalue weighted by Gasteiger charge is -2.11. The second-order valence-electron chi connectivity index (χ2n) is 5.40. The van der Waals surface area contributed by atoms with E-state index >= 15 is 0 Å². The molecule has 0 fully saturated rings. The lowest BCUT2D eigenvalue weighted by molar-refractivity contribution is 0.0926. The van der Waals surface area contributed by atoms with Crippen molar-refractivity contribution in [3.63, 3.8) is 0 Å². The number of carbonyl (C=O) groups is 2. The van der Waals surface area contributed by atoms with Gasteiger partial charge in [0.1, 0.15) is 5.75 Å². The van der Waals surface area contributed by atoms with Gasteiger partial charge in [0.2, 0.25) is 0 Å². The molecule has 0 heterocycles. The number of amides is 2. The third-order valence-electron chi connectivity index (χ3n) is 3.76. The maximum atomic E-state index is 12.1. The van der Waals surface area contributed by atoms with Crippen LogP contribution in [0, 0.1) is 13.8 Å². The van der Waals surface area contributed by atoms with E-state index in [4.69, 9.17) is 11.6 Å². The first-order valence-electron chi connectivity index (χ1n) is 7.52. The molecule has 5 nitrogen and oxygen atoms in total. The number of hydrogen-bond acceptors (Lipinski definition) is 3. The van der Waals surface area contributed by atoms with Crippen LogP contribution in [-0.4, -0.2) is 30.0 Å². The Morgan fingerprint density at radius 1 is 0.958 bits per heavy atom. The molecular weight excluding hydrogens is 328 g/mol. The number of carbonyl (C=O) groups excluding carboxylic acids is 2. The van der Waals surface area contributed by atoms with Crippen LogP contribution in [0.5, 0.6) is 5.75 Å². The summed E-state index contributed by atoms with van der Waals surface area (Å²) in [5.74, 6) is -0.709. The summed E-state index contributed by atoms with van der Waals surface area (Å²) in [6.45, 7) is 4.11. The van der Waals surface area contributed by atoms with E-state index in [9.17, 15) is 14.7 Å². The van der Waals surface area contributed by atoms with Crippen molar-refractivity contribution in [2.45, 2.75) is 13.8 Å². The summed E-state index contributed by atoms with van der Waals surface area (Å²) in [5, 5.41) is 15.7. The van der Waals surface area contributed by atoms with Crippen LogP contribution in [0.25, 0.3) is 0 Å². The van der Waals surface area contributed by atoms with E-state index in [1.807, 2.05) is 6.92 Å². The number of phenols is 1. The van der Waals surface area contributed by atoms with E-state index in [-0.39, 0.29) is 36.2 Å². The summed E-state index contributed by atoms with van der Waals surface area (Å²) in [6.07, 6.45) is 0. The smallest absolute Gasteiger partial charge is 0.255 e. The predicted octanol–water partition coefficient (Wildman–Crippen LogP) is 2.82. The Bertz CT molecular complexity index is 775. The Morgan fingerprint density at radius 2 is 1.54 bits per heavy atom. The number of aryl methyl sites for hydroxylation is 1. The van der Waals surface area contributed by atoms with Gasteiger partial charge in [0.25, 0.3) is 11.8 Å². The molecule has 0 unspecified atom stereocenters. The minimum atomic E-state index is -0.386. The lowest BCUT2D eigenvalue weighted by Crippen LogP contribution is -2.34. The molecule has 0 saturated heterocycles. The molecule has 6 heteroatoms. The topological polar surface area (TPSA) is 78.4 Å². The van der Waals surface area contributed by atoms with Gasteiger partial charge in [-0.3, -0.25) is 9.59 Å². The van der Waals surface area contributed by atoms with Crippen molar-refractivity contribution in [2.24, 2.45) is 0 Å². The Hall–Kier alpha value is -2.53. The van der Waals surface area contributed by atoms with E-state index in [0.717, 1.165) is 5.56 Å². The fraction of sp³-hybridized carbons (Fsp3) is 0.222. The number of rotatable bonds is 5. The molecule has 0 aliphatic carbocycles. The zero-order valence-electron chi connectivity index (χ0n) is 13.5. The molecule has 24 heavy (non-hydrogen) atoms. The Balaban J connectivity index is 1.87. The molecule has 0 radical (unpaired) electrons. The molecule has 0 atom stereocenters. The predicted molar refractivity (Wildman–Crippen MR) is 93.7 cm³/mol. The highest BCUT2D eigenvalue weighted by molar-refractivity contribution is 6.33. The summed E-state index contributed by atoms with van der Waals surface area (Å²) in [7, 11) is 0. The first-order valence-corrected chi connectivity index (χ1v) is 7.89. The van der Waals surface area contributed by atoms with E-state index < -0.39 is 0 Å². The maximum absolute atomic E-state index is 12.1. The van der Waals surface area contributed by atoms with Crippen molar-refractivity contribution in [1.82, 2.24) is 10.6 Å². The molecule has 2 rings (SSSR count). The summed E-state index contributed by atoms with van der Waals surface area (Å²) in [5.41, 5.74) is 2.19. The summed E-state index contributed by atoms with van der Waals surface area (Å²) >= 11 is 5.95. The molecule has 0 saturated carbocycles. The van der Waals surface area contributed by atoms with E-state index in [1.54, 1.807) is 43.3 Å². The molecule has 3 N–H and O–H groups in total. The molecule has 2 aromatic carbocycles. The SMILES string of the molecule is Cc1ccc(C(=O)NCCNC(=O)c2ccccc2Cl)c(O)c1C. The van der Waals surface area contributed by atoms with Gasteiger partial charge in [-0.2, -0.15) is 0 Å². The summed E-state index contributed by atoms with van der Waals surface area (Å²) < 4.78 is 0. The number of phenolic OH excluding ortho intramolecular Hbond substituents is 1. The number of nitrogens with one attached hydrogen (secondary N) is 2. The minimum absolute atomic E-state index is 0.0207. The number of aromatic hydroxyl groups is 1. The average molecular weight is 347 g/mol. The molecule has 2 amide bonds. The molecule has 126 valence electrons. The van der Waals surface area contributed by atoms with Gasteiger partial charge in [-0.25, -0.2) is 0 Å². The first-order chi connectivity index (χ1) is 11.4. The third-order valence-corrected chi connectivity index (χ3v) is 4.09. The largest absolute Gasteiger partial charge is 0.507 e. The molecule has 0 aliphatic rings. The van der Waals surface area contributed by atoms with Crippen LogP contribution < -0.4 is 10.6 Å². The van der Waals surface area contributed by atoms with Gasteiger partial charge in [0.15, 0.2) is 0 Å². The second kappa shape index (κ2) is 7.84. The van der Waals surface area contributed by atoms with Crippen LogP contribution in [0.1, 0.15) is 31.8 Å². The number of halogens is 1. The van der Waals surface area contributed by atoms with Crippen LogP contribution in [0.3, 0.4) is 0 Å². The third kappa shape index (κ3) is 4.06. The highest BCUT2D eigenvalue weighted by Crippen LogP contribution is 2.24. The maximum Gasteiger partial charge on any atom is 0.255 e. The second-order valence-corrected chi connectivity index (χ2v) is 5.80. The van der Waals surface area contributed by atoms with E-state index in [2.05, 4.69) is 10.6 Å². The van der Waals surface area contributed by atoms with Crippen molar-refractivity contribution >= 4 is 23.4 Å². The van der Waals surface area contributed by atoms with Gasteiger partial charge in [-0.15, -0.1) is 0 Å². The van der Waals surface area contributed by atoms with E-state index in [1.165, 1.54) is 0 Å². The van der Waals surface area contributed by atoms with Gasteiger partial charge >= 0.3 is 0 Å². The van der Waals surface area contributed by atoms with Gasteiger partial charge in [0.05, 0.1) is 16.1 Å². The minimum Gasteiger partial charge on any atom is -0.507 e. The molecule has 0 aliphatic heterocycles. The van der Waals surface area contributed by atoms with Crippen LogP contribution in [0.4, 0.5) is 0 Å². The zero-order chi connectivity index (χ0) is 17.7. The highest BCUT2D eigenvalue weighted by Gasteiger charge is 2.14. The Kier molecular flexibility index (Phi) is 5.82. The van der Waals surface area contributed by atoms with Gasteiger partial charge in [-0.1, -0.05) is 29.8 Å². The van der Waals surface area contributed by atoms with Crippen molar-refractivity contribution < 1.29 is 14.7 Å². The van der Waals surface area contributed by atoms with Crippen LogP contribution in [-0.2, 0) is 0 Å². The van der Waals surface area contributed by atoms with Gasteiger partial charge < -0.3 is 15.7 Å². The standard InChI is InChI=1S/C18H19ClN2O3/c1-11-7-8-14(16(22)12(11)2)18(24)21-10-9-20-17(23)13-5-3-4-6-15(13)19/h3-8,22H,9-10H2,1-2H3,(H,20,23)(H,21,24). The fourth-order valence-electron chi connectivity index (χ4n) is 2.17. The Labute approximate surface area is 145 Å². The molecule has 0 spiro atoms. The number of benzene rings is 2. The molecule has 2 aromatic rings. The number of hydrogen-bond donors (Lipinski definition) is 3. The van der Waals surface area contributed by atoms with Crippen LogP contribution >= 0.6 is 11.6 Å². The van der Waals surface area contributed by atoms with Gasteiger partial charge in [-0.05, 0) is 43.2 Å². The lowest BCUT2D eigenvalue weighted by atomic mass is 10.0. The van der Waals surface area contributed by atoms with Crippen LogP contribution in [0.15, 0.2) is 36.4 Å². The monoisotopic (exact) mass is 346 g/mol. The van der Waals surface area contributed by atoms with Gasteiger partial charge in [0, 0.05) is 13.1 Å². The molecular formula is C18H19ClN2O3. The summed E-state index contributed by atoms with van der Waals surface area (Å²) in [6, 6.07) is 10.1. The summed E-state index contributed by atoms with van der Waals surface area (Å²) in [4.78, 5) is 24.1. The van der Waals surface area contributed by atoms with Crippen LogP contribution in [0.2, 0.25) is 5.02 Å². The molecule has 0 aromatic heterocycles. The fourth-order valence-corrected chi connectivity index (χ4v) is 2.39. The quantitative estimate of drug-likeness (QED) is 0.728. The average Bonchev–Trinajstić information content (AvgIpc) is 2.56. The normalized spacial score (nSPS) is 10.3. The van der Waals surface area contributed by atoms with Crippen molar-refractivity contribution in [1.29, 1.82) is 0 Å². The van der Waals surface area contributed by atoms with Crippen molar-refractivity contribution in [3.8, 4) is 5.75 Å². The van der Waals surface area contributed by atoms with Crippen molar-refractivity contribution in [2.75, 3.05) is 13.1 Å². The molecule has 0 bridgehead atoms. The Morgan fingerprint density at radius 3 is 2.17 bits per heavy atom. The highest BCUT2D eigenvalue weighted by atomic mass is 35.5. The zero-order valence-corrected chi connectivity index (χ0v) is 14.3. The van der Waals surface area contributed by atoms with Crippen molar-refractivity contribution in [3.05, 3.63) is 63.7 Å².